The van der Waals surface area contributed by atoms with Crippen LogP contribution < -0.4 is 10.1 Å². The highest BCUT2D eigenvalue weighted by molar-refractivity contribution is 6.06. The minimum Gasteiger partial charge on any atom is -0.480 e. The second-order valence-electron chi connectivity index (χ2n) is 4.80. The van der Waals surface area contributed by atoms with Crippen molar-refractivity contribution in [3.63, 3.8) is 0 Å². The zero-order valence-electron chi connectivity index (χ0n) is 13.1. The lowest BCUT2D eigenvalue weighted by atomic mass is 10.2. The summed E-state index contributed by atoms with van der Waals surface area (Å²) in [5.74, 6) is 0.0724. The van der Waals surface area contributed by atoms with Gasteiger partial charge in [-0.25, -0.2) is 9.97 Å². The van der Waals surface area contributed by atoms with Gasteiger partial charge in [-0.15, -0.1) is 5.10 Å². The number of nitrogens with one attached hydrogen (secondary N) is 1. The van der Waals surface area contributed by atoms with Crippen LogP contribution in [0.5, 0.6) is 5.88 Å². The molecule has 120 valence electrons. The van der Waals surface area contributed by atoms with E-state index in [1.54, 1.807) is 23.4 Å². The number of rotatable bonds is 5. The fourth-order valence-electron chi connectivity index (χ4n) is 2.21. The smallest absolute Gasteiger partial charge is 0.263 e. The molecule has 0 aromatic carbocycles. The quantitative estimate of drug-likeness (QED) is 0.762. The van der Waals surface area contributed by atoms with Crippen molar-refractivity contribution in [1.29, 1.82) is 0 Å². The van der Waals surface area contributed by atoms with Crippen molar-refractivity contribution >= 4 is 23.0 Å². The zero-order chi connectivity index (χ0) is 16.4. The number of carbonyl (C=O) groups is 1. The van der Waals surface area contributed by atoms with Gasteiger partial charge in [0.05, 0.1) is 19.0 Å². The number of anilines is 1. The molecule has 1 amide bonds. The molecule has 3 rings (SSSR count). The average Bonchev–Trinajstić information content (AvgIpc) is 3.19. The van der Waals surface area contributed by atoms with Crippen molar-refractivity contribution in [3.05, 3.63) is 24.3 Å². The zero-order valence-corrected chi connectivity index (χ0v) is 13.1. The monoisotopic (exact) mass is 315 g/mol. The van der Waals surface area contributed by atoms with Crippen molar-refractivity contribution < 1.29 is 9.53 Å². The third-order valence-electron chi connectivity index (χ3n) is 3.44. The van der Waals surface area contributed by atoms with Crippen LogP contribution in [0.15, 0.2) is 18.7 Å². The molecule has 0 aliphatic heterocycles. The lowest BCUT2D eigenvalue weighted by molar-refractivity contribution is 0.102. The lowest BCUT2D eigenvalue weighted by Crippen LogP contribution is -2.15. The topological polar surface area (TPSA) is 99.8 Å². The first-order valence-electron chi connectivity index (χ1n) is 7.26. The maximum Gasteiger partial charge on any atom is 0.263 e. The van der Waals surface area contributed by atoms with Gasteiger partial charge in [-0.1, -0.05) is 0 Å². The summed E-state index contributed by atoms with van der Waals surface area (Å²) in [6, 6.07) is 1.71. The minimum absolute atomic E-state index is 0.214. The summed E-state index contributed by atoms with van der Waals surface area (Å²) < 4.78 is 8.75. The molecule has 1 N–H and O–H groups in total. The van der Waals surface area contributed by atoms with Gasteiger partial charge in [0.1, 0.15) is 11.9 Å². The number of carbonyl (C=O) groups excluding carboxylic acids is 1. The number of imidazole rings is 1. The maximum atomic E-state index is 12.5. The van der Waals surface area contributed by atoms with Crippen LogP contribution in [0, 0.1) is 0 Å². The summed E-state index contributed by atoms with van der Waals surface area (Å²) in [4.78, 5) is 25.0. The highest BCUT2D eigenvalue weighted by atomic mass is 16.5. The Kier molecular flexibility index (Phi) is 3.92. The third-order valence-corrected chi connectivity index (χ3v) is 3.44. The Morgan fingerprint density at radius 3 is 2.74 bits per heavy atom. The van der Waals surface area contributed by atoms with Gasteiger partial charge >= 0.3 is 0 Å². The van der Waals surface area contributed by atoms with E-state index in [2.05, 4.69) is 25.4 Å². The van der Waals surface area contributed by atoms with Gasteiger partial charge < -0.3 is 9.30 Å². The van der Waals surface area contributed by atoms with Crippen LogP contribution in [0.25, 0.3) is 11.2 Å². The normalized spacial score (nSPS) is 10.9. The molecule has 0 aliphatic carbocycles. The molecule has 0 fully saturated rings. The summed E-state index contributed by atoms with van der Waals surface area (Å²) in [7, 11) is 1.46. The molecule has 0 unspecified atom stereocenters. The summed E-state index contributed by atoms with van der Waals surface area (Å²) >= 11 is 0. The fraction of sp³-hybridized carbons (Fsp3) is 0.357. The van der Waals surface area contributed by atoms with Gasteiger partial charge in [0.2, 0.25) is 11.8 Å². The highest BCUT2D eigenvalue weighted by Crippen LogP contribution is 2.22. The Morgan fingerprint density at radius 1 is 1.26 bits per heavy atom. The Morgan fingerprint density at radius 2 is 2.09 bits per heavy atom. The Hall–Kier alpha value is -2.97. The van der Waals surface area contributed by atoms with Crippen molar-refractivity contribution in [2.24, 2.45) is 0 Å². The fourth-order valence-corrected chi connectivity index (χ4v) is 2.21. The van der Waals surface area contributed by atoms with E-state index in [1.807, 2.05) is 18.4 Å². The Balaban J connectivity index is 1.97. The number of fused-ring (bicyclic) bond motifs is 1. The number of nitrogens with zero attached hydrogens (tertiary/aromatic N) is 6. The first kappa shape index (κ1) is 14.9. The largest absolute Gasteiger partial charge is 0.480 e. The maximum absolute atomic E-state index is 12.5. The van der Waals surface area contributed by atoms with Gasteiger partial charge in [0, 0.05) is 13.1 Å². The van der Waals surface area contributed by atoms with Crippen LogP contribution in [-0.4, -0.2) is 42.3 Å². The molecule has 0 spiro atoms. The summed E-state index contributed by atoms with van der Waals surface area (Å²) in [6.07, 6.45) is 3.24. The first-order valence-corrected chi connectivity index (χ1v) is 7.26. The Labute approximate surface area is 132 Å². The SMILES string of the molecule is CCn1cnc(NC(=O)c2cc3c(ncn3CC)nc2OC)n1. The third kappa shape index (κ3) is 2.72. The van der Waals surface area contributed by atoms with Gasteiger partial charge in [0.25, 0.3) is 5.91 Å². The molecule has 3 aromatic rings. The molecule has 0 saturated carbocycles. The first-order chi connectivity index (χ1) is 11.2. The van der Waals surface area contributed by atoms with E-state index in [9.17, 15) is 4.79 Å². The lowest BCUT2D eigenvalue weighted by Gasteiger charge is -2.07. The van der Waals surface area contributed by atoms with Gasteiger partial charge in [-0.3, -0.25) is 14.8 Å². The van der Waals surface area contributed by atoms with E-state index in [-0.39, 0.29) is 17.7 Å². The Bertz CT molecular complexity index is 852. The second kappa shape index (κ2) is 6.03. The predicted molar refractivity (Wildman–Crippen MR) is 83.4 cm³/mol. The second-order valence-corrected chi connectivity index (χ2v) is 4.80. The number of amides is 1. The van der Waals surface area contributed by atoms with E-state index in [1.165, 1.54) is 7.11 Å². The molecule has 0 atom stereocenters. The number of hydrogen-bond acceptors (Lipinski definition) is 6. The summed E-state index contributed by atoms with van der Waals surface area (Å²) in [6.45, 7) is 5.34. The van der Waals surface area contributed by atoms with Crippen molar-refractivity contribution in [2.75, 3.05) is 12.4 Å². The van der Waals surface area contributed by atoms with Crippen LogP contribution in [0.4, 0.5) is 5.95 Å². The van der Waals surface area contributed by atoms with Gasteiger partial charge in [-0.05, 0) is 19.9 Å². The van der Waals surface area contributed by atoms with E-state index in [0.717, 1.165) is 12.1 Å². The van der Waals surface area contributed by atoms with Crippen LogP contribution in [0.1, 0.15) is 24.2 Å². The summed E-state index contributed by atoms with van der Waals surface area (Å²) in [5.41, 5.74) is 1.61. The highest BCUT2D eigenvalue weighted by Gasteiger charge is 2.18. The number of hydrogen-bond donors (Lipinski definition) is 1. The van der Waals surface area contributed by atoms with Gasteiger partial charge in [0.15, 0.2) is 5.65 Å². The van der Waals surface area contributed by atoms with Crippen LogP contribution in [0.3, 0.4) is 0 Å². The molecular formula is C14H17N7O2. The molecule has 3 aromatic heterocycles. The van der Waals surface area contributed by atoms with E-state index < -0.39 is 0 Å². The van der Waals surface area contributed by atoms with Crippen LogP contribution in [0.2, 0.25) is 0 Å². The minimum atomic E-state index is -0.381. The molecule has 0 saturated heterocycles. The molecule has 9 nitrogen and oxygen atoms in total. The molecule has 23 heavy (non-hydrogen) atoms. The van der Waals surface area contributed by atoms with E-state index in [4.69, 9.17) is 4.74 Å². The number of pyridine rings is 1. The van der Waals surface area contributed by atoms with E-state index >= 15 is 0 Å². The predicted octanol–water partition coefficient (Wildman–Crippen LogP) is 1.32. The molecule has 3 heterocycles. The van der Waals surface area contributed by atoms with Crippen molar-refractivity contribution in [1.82, 2.24) is 29.3 Å². The number of methoxy groups -OCH3 is 1. The van der Waals surface area contributed by atoms with Crippen molar-refractivity contribution in [2.45, 2.75) is 26.9 Å². The standard InChI is InChI=1S/C14H17N7O2/c1-4-20-7-15-11-10(20)6-9(13(17-11)23-3)12(22)18-14-16-8-21(5-2)19-14/h6-8H,4-5H2,1-3H3,(H,18,19,22). The van der Waals surface area contributed by atoms with E-state index in [0.29, 0.717) is 17.8 Å². The molecule has 0 radical (unpaired) electrons. The summed E-state index contributed by atoms with van der Waals surface area (Å²) in [5, 5.41) is 6.78. The van der Waals surface area contributed by atoms with Crippen LogP contribution >= 0.6 is 0 Å². The number of aromatic nitrogens is 6. The number of aryl methyl sites for hydroxylation is 2. The average molecular weight is 315 g/mol. The van der Waals surface area contributed by atoms with Gasteiger partial charge in [-0.2, -0.15) is 4.98 Å². The molecule has 0 aliphatic rings. The molecule has 0 bridgehead atoms. The molecule has 9 heteroatoms. The van der Waals surface area contributed by atoms with Crippen LogP contribution in [-0.2, 0) is 13.1 Å². The van der Waals surface area contributed by atoms with Crippen molar-refractivity contribution in [3.8, 4) is 5.88 Å². The molecular weight excluding hydrogens is 298 g/mol. The number of ether oxygens (including phenoxy) is 1.